The average molecular weight is 181 g/mol. The molecule has 1 aromatic carbocycles. The Morgan fingerprint density at radius 2 is 2.08 bits per heavy atom. The normalized spacial score (nSPS) is 9.23. The summed E-state index contributed by atoms with van der Waals surface area (Å²) in [6.07, 6.45) is 0. The van der Waals surface area contributed by atoms with Crippen molar-refractivity contribution in [1.29, 1.82) is 0 Å². The molecule has 0 aliphatic heterocycles. The third-order valence-electron chi connectivity index (χ3n) is 1.60. The van der Waals surface area contributed by atoms with Crippen LogP contribution in [0.5, 0.6) is 0 Å². The van der Waals surface area contributed by atoms with Crippen molar-refractivity contribution in [3.63, 3.8) is 0 Å². The molecule has 0 saturated heterocycles. The van der Waals surface area contributed by atoms with E-state index in [1.165, 1.54) is 12.1 Å². The second-order valence-electron chi connectivity index (χ2n) is 2.56. The highest BCUT2D eigenvalue weighted by Crippen LogP contribution is 2.14. The van der Waals surface area contributed by atoms with E-state index >= 15 is 0 Å². The summed E-state index contributed by atoms with van der Waals surface area (Å²) in [6, 6.07) is 2.57. The fraction of sp³-hybridized carbons (Fsp3) is 0.200. The first-order valence-corrected chi connectivity index (χ1v) is 3.80. The minimum Gasteiger partial charge on any atom is -0.320 e. The van der Waals surface area contributed by atoms with Gasteiger partial charge in [-0.3, -0.25) is 0 Å². The van der Waals surface area contributed by atoms with Crippen molar-refractivity contribution < 1.29 is 8.78 Å². The molecule has 1 aromatic rings. The van der Waals surface area contributed by atoms with Gasteiger partial charge < -0.3 is 5.73 Å². The lowest BCUT2D eigenvalue weighted by Crippen LogP contribution is -1.96. The highest BCUT2D eigenvalue weighted by Gasteiger charge is 2.07. The Hall–Kier alpha value is -1.40. The fourth-order valence-corrected chi connectivity index (χ4v) is 0.911. The van der Waals surface area contributed by atoms with Gasteiger partial charge in [0.1, 0.15) is 11.6 Å². The number of halogens is 2. The van der Waals surface area contributed by atoms with Crippen LogP contribution in [0.2, 0.25) is 0 Å². The van der Waals surface area contributed by atoms with Crippen molar-refractivity contribution in [3.05, 3.63) is 34.9 Å². The second kappa shape index (κ2) is 4.01. The lowest BCUT2D eigenvalue weighted by Gasteiger charge is -1.99. The summed E-state index contributed by atoms with van der Waals surface area (Å²) in [5.41, 5.74) is 5.27. The molecular formula is C10H9F2N. The predicted molar refractivity (Wildman–Crippen MR) is 47.0 cm³/mol. The fourth-order valence-electron chi connectivity index (χ4n) is 0.911. The van der Waals surface area contributed by atoms with E-state index in [1.807, 2.05) is 0 Å². The number of hydrogen-bond donors (Lipinski definition) is 1. The Morgan fingerprint density at radius 3 is 2.69 bits per heavy atom. The van der Waals surface area contributed by atoms with E-state index in [-0.39, 0.29) is 12.1 Å². The molecule has 0 fully saturated rings. The lowest BCUT2D eigenvalue weighted by molar-refractivity contribution is 0.571. The first-order chi connectivity index (χ1) is 6.16. The van der Waals surface area contributed by atoms with Gasteiger partial charge in [-0.2, -0.15) is 0 Å². The third-order valence-corrected chi connectivity index (χ3v) is 1.60. The molecule has 0 bridgehead atoms. The smallest absolute Gasteiger partial charge is 0.144 e. The lowest BCUT2D eigenvalue weighted by atomic mass is 10.1. The second-order valence-corrected chi connectivity index (χ2v) is 2.56. The number of aryl methyl sites for hydroxylation is 1. The maximum absolute atomic E-state index is 13.2. The van der Waals surface area contributed by atoms with Crippen LogP contribution >= 0.6 is 0 Å². The molecule has 0 heterocycles. The van der Waals surface area contributed by atoms with Gasteiger partial charge in [-0.25, -0.2) is 8.78 Å². The van der Waals surface area contributed by atoms with Gasteiger partial charge in [0.2, 0.25) is 0 Å². The van der Waals surface area contributed by atoms with Crippen LogP contribution in [0.25, 0.3) is 0 Å². The summed E-state index contributed by atoms with van der Waals surface area (Å²) in [7, 11) is 0. The zero-order valence-corrected chi connectivity index (χ0v) is 7.20. The van der Waals surface area contributed by atoms with Crippen LogP contribution in [-0.4, -0.2) is 6.54 Å². The number of nitrogens with two attached hydrogens (primary N) is 1. The number of benzene rings is 1. The summed E-state index contributed by atoms with van der Waals surface area (Å²) in [6.45, 7) is 1.65. The van der Waals surface area contributed by atoms with Crippen molar-refractivity contribution in [2.75, 3.05) is 6.54 Å². The van der Waals surface area contributed by atoms with Gasteiger partial charge in [0, 0.05) is 0 Å². The van der Waals surface area contributed by atoms with Crippen LogP contribution in [-0.2, 0) is 0 Å². The molecule has 0 aliphatic rings. The van der Waals surface area contributed by atoms with Crippen molar-refractivity contribution in [3.8, 4) is 11.8 Å². The predicted octanol–water partition coefficient (Wildman–Crippen LogP) is 1.58. The maximum Gasteiger partial charge on any atom is 0.144 e. The van der Waals surface area contributed by atoms with Crippen LogP contribution in [0.15, 0.2) is 12.1 Å². The summed E-state index contributed by atoms with van der Waals surface area (Å²) in [4.78, 5) is 0. The Bertz CT molecular complexity index is 374. The van der Waals surface area contributed by atoms with Gasteiger partial charge in [-0.05, 0) is 18.6 Å². The SMILES string of the molecule is Cc1ccc(F)c(C#CCN)c1F. The van der Waals surface area contributed by atoms with Crippen molar-refractivity contribution >= 4 is 0 Å². The van der Waals surface area contributed by atoms with Crippen LogP contribution in [0.3, 0.4) is 0 Å². The van der Waals surface area contributed by atoms with E-state index in [4.69, 9.17) is 5.73 Å². The number of hydrogen-bond acceptors (Lipinski definition) is 1. The monoisotopic (exact) mass is 181 g/mol. The molecule has 1 rings (SSSR count). The third kappa shape index (κ3) is 2.04. The van der Waals surface area contributed by atoms with Crippen LogP contribution in [0, 0.1) is 30.4 Å². The largest absolute Gasteiger partial charge is 0.320 e. The highest BCUT2D eigenvalue weighted by molar-refractivity contribution is 5.39. The highest BCUT2D eigenvalue weighted by atomic mass is 19.1. The Morgan fingerprint density at radius 1 is 1.38 bits per heavy atom. The summed E-state index contributed by atoms with van der Waals surface area (Å²) >= 11 is 0. The summed E-state index contributed by atoms with van der Waals surface area (Å²) in [5, 5.41) is 0. The molecule has 3 heteroatoms. The van der Waals surface area contributed by atoms with Crippen molar-refractivity contribution in [1.82, 2.24) is 0 Å². The summed E-state index contributed by atoms with van der Waals surface area (Å²) in [5.74, 6) is 3.51. The van der Waals surface area contributed by atoms with Gasteiger partial charge >= 0.3 is 0 Å². The van der Waals surface area contributed by atoms with E-state index in [0.29, 0.717) is 5.56 Å². The minimum atomic E-state index is -0.649. The Kier molecular flexibility index (Phi) is 2.99. The van der Waals surface area contributed by atoms with Gasteiger partial charge in [0.15, 0.2) is 0 Å². The van der Waals surface area contributed by atoms with Crippen LogP contribution in [0.1, 0.15) is 11.1 Å². The molecule has 0 aromatic heterocycles. The summed E-state index contributed by atoms with van der Waals surface area (Å²) < 4.78 is 26.2. The van der Waals surface area contributed by atoms with E-state index < -0.39 is 11.6 Å². The molecule has 13 heavy (non-hydrogen) atoms. The molecule has 0 saturated carbocycles. The van der Waals surface area contributed by atoms with Crippen molar-refractivity contribution in [2.45, 2.75) is 6.92 Å². The van der Waals surface area contributed by atoms with E-state index in [0.717, 1.165) is 0 Å². The Balaban J connectivity index is 3.25. The van der Waals surface area contributed by atoms with E-state index in [1.54, 1.807) is 6.92 Å². The number of rotatable bonds is 0. The first kappa shape index (κ1) is 9.69. The molecule has 1 nitrogen and oxygen atoms in total. The molecule has 0 radical (unpaired) electrons. The topological polar surface area (TPSA) is 26.0 Å². The average Bonchev–Trinajstić information content (AvgIpc) is 2.12. The first-order valence-electron chi connectivity index (χ1n) is 3.80. The molecular weight excluding hydrogens is 172 g/mol. The van der Waals surface area contributed by atoms with Gasteiger partial charge in [0.25, 0.3) is 0 Å². The minimum absolute atomic E-state index is 0.0901. The van der Waals surface area contributed by atoms with Crippen molar-refractivity contribution in [2.24, 2.45) is 5.73 Å². The molecule has 68 valence electrons. The van der Waals surface area contributed by atoms with Crippen LogP contribution < -0.4 is 5.73 Å². The molecule has 0 aliphatic carbocycles. The molecule has 0 unspecified atom stereocenters. The van der Waals surface area contributed by atoms with Gasteiger partial charge in [0.05, 0.1) is 12.1 Å². The maximum atomic E-state index is 13.2. The molecule has 0 spiro atoms. The van der Waals surface area contributed by atoms with Gasteiger partial charge in [-0.1, -0.05) is 17.9 Å². The Labute approximate surface area is 75.6 Å². The van der Waals surface area contributed by atoms with E-state index in [9.17, 15) is 8.78 Å². The molecule has 0 amide bonds. The standard InChI is InChI=1S/C10H9F2N/c1-7-4-5-9(11)8(10(7)12)3-2-6-13/h4-5H,6,13H2,1H3. The van der Waals surface area contributed by atoms with E-state index in [2.05, 4.69) is 11.8 Å². The van der Waals surface area contributed by atoms with Crippen LogP contribution in [0.4, 0.5) is 8.78 Å². The quantitative estimate of drug-likeness (QED) is 0.604. The zero-order chi connectivity index (χ0) is 9.84. The zero-order valence-electron chi connectivity index (χ0n) is 7.20. The molecule has 2 N–H and O–H groups in total. The van der Waals surface area contributed by atoms with Gasteiger partial charge in [-0.15, -0.1) is 0 Å². The molecule has 0 atom stereocenters.